The molecule has 1 aromatic carbocycles. The summed E-state index contributed by atoms with van der Waals surface area (Å²) in [5, 5.41) is 5.56. The third-order valence-corrected chi connectivity index (χ3v) is 3.41. The number of carbonyl (C=O) groups is 2. The molecule has 6 nitrogen and oxygen atoms in total. The van der Waals surface area contributed by atoms with Crippen molar-refractivity contribution in [2.24, 2.45) is 0 Å². The highest BCUT2D eigenvalue weighted by Crippen LogP contribution is 2.25. The molecule has 0 saturated carbocycles. The van der Waals surface area contributed by atoms with Crippen LogP contribution in [0.15, 0.2) is 30.3 Å². The Kier molecular flexibility index (Phi) is 7.24. The van der Waals surface area contributed by atoms with Crippen LogP contribution in [-0.4, -0.2) is 36.8 Å². The topological polar surface area (TPSA) is 76.7 Å². The average Bonchev–Trinajstić information content (AvgIpc) is 2.50. The molecule has 2 amide bonds. The number of hydrogen-bond acceptors (Lipinski definition) is 4. The first-order chi connectivity index (χ1) is 11.9. The van der Waals surface area contributed by atoms with E-state index in [1.54, 1.807) is 27.9 Å². The zero-order valence-electron chi connectivity index (χ0n) is 16.7. The number of amides is 2. The monoisotopic (exact) mass is 362 g/mol. The third kappa shape index (κ3) is 7.59. The van der Waals surface area contributed by atoms with Crippen LogP contribution in [0, 0.1) is 0 Å². The zero-order valence-corrected chi connectivity index (χ0v) is 16.7. The molecule has 144 valence electrons. The molecule has 1 rings (SSSR count). The lowest BCUT2D eigenvalue weighted by molar-refractivity contribution is -0.117. The number of nitrogens with one attached hydrogen (secondary N) is 2. The summed E-state index contributed by atoms with van der Waals surface area (Å²) in [5.41, 5.74) is 0.447. The summed E-state index contributed by atoms with van der Waals surface area (Å²) in [6.45, 7) is 11.1. The lowest BCUT2D eigenvalue weighted by Gasteiger charge is -2.27. The van der Waals surface area contributed by atoms with Crippen LogP contribution in [0.25, 0.3) is 5.57 Å². The van der Waals surface area contributed by atoms with Gasteiger partial charge in [0.15, 0.2) is 0 Å². The van der Waals surface area contributed by atoms with E-state index in [1.165, 1.54) is 6.08 Å². The highest BCUT2D eigenvalue weighted by Gasteiger charge is 2.23. The Bertz CT molecular complexity index is 673. The van der Waals surface area contributed by atoms with E-state index in [-0.39, 0.29) is 12.5 Å². The van der Waals surface area contributed by atoms with Crippen LogP contribution in [0.4, 0.5) is 4.79 Å². The van der Waals surface area contributed by atoms with Crippen molar-refractivity contribution in [2.75, 3.05) is 13.7 Å². The Labute approximate surface area is 156 Å². The first-order valence-electron chi connectivity index (χ1n) is 8.54. The molecule has 0 bridgehead atoms. The average molecular weight is 362 g/mol. The van der Waals surface area contributed by atoms with Crippen molar-refractivity contribution in [3.63, 3.8) is 0 Å². The third-order valence-electron chi connectivity index (χ3n) is 3.41. The Morgan fingerprint density at radius 3 is 2.31 bits per heavy atom. The van der Waals surface area contributed by atoms with E-state index in [4.69, 9.17) is 9.47 Å². The largest absolute Gasteiger partial charge is 0.496 e. The summed E-state index contributed by atoms with van der Waals surface area (Å²) < 4.78 is 10.5. The Morgan fingerprint density at radius 1 is 1.12 bits per heavy atom. The highest BCUT2D eigenvalue weighted by atomic mass is 16.6. The van der Waals surface area contributed by atoms with Crippen LogP contribution < -0.4 is 15.4 Å². The van der Waals surface area contributed by atoms with Crippen molar-refractivity contribution in [3.8, 4) is 5.75 Å². The van der Waals surface area contributed by atoms with Gasteiger partial charge in [-0.1, -0.05) is 18.2 Å². The molecule has 0 aliphatic carbocycles. The van der Waals surface area contributed by atoms with Crippen molar-refractivity contribution < 1.29 is 19.1 Å². The number of carbonyl (C=O) groups excluding carboxylic acids is 2. The van der Waals surface area contributed by atoms with Gasteiger partial charge >= 0.3 is 6.09 Å². The summed E-state index contributed by atoms with van der Waals surface area (Å²) in [4.78, 5) is 24.1. The summed E-state index contributed by atoms with van der Waals surface area (Å²) in [5.74, 6) is 0.462. The van der Waals surface area contributed by atoms with Gasteiger partial charge in [-0.2, -0.15) is 0 Å². The van der Waals surface area contributed by atoms with E-state index < -0.39 is 17.2 Å². The maximum Gasteiger partial charge on any atom is 0.407 e. The van der Waals surface area contributed by atoms with Gasteiger partial charge in [-0.3, -0.25) is 4.79 Å². The van der Waals surface area contributed by atoms with Gasteiger partial charge in [0.1, 0.15) is 11.4 Å². The summed E-state index contributed by atoms with van der Waals surface area (Å²) >= 11 is 0. The van der Waals surface area contributed by atoms with E-state index in [0.29, 0.717) is 5.75 Å². The van der Waals surface area contributed by atoms with Gasteiger partial charge in [0, 0.05) is 18.2 Å². The fraction of sp³-hybridized carbons (Fsp3) is 0.500. The van der Waals surface area contributed by atoms with E-state index >= 15 is 0 Å². The van der Waals surface area contributed by atoms with Crippen molar-refractivity contribution in [2.45, 2.75) is 52.7 Å². The van der Waals surface area contributed by atoms with Gasteiger partial charge in [0.25, 0.3) is 0 Å². The van der Waals surface area contributed by atoms with E-state index in [9.17, 15) is 9.59 Å². The van der Waals surface area contributed by atoms with Gasteiger partial charge in [0.2, 0.25) is 5.91 Å². The minimum Gasteiger partial charge on any atom is -0.496 e. The normalized spacial score (nSPS) is 12.3. The number of benzene rings is 1. The predicted molar refractivity (Wildman–Crippen MR) is 103 cm³/mol. The van der Waals surface area contributed by atoms with Crippen LogP contribution in [0.3, 0.4) is 0 Å². The van der Waals surface area contributed by atoms with Gasteiger partial charge in [-0.15, -0.1) is 0 Å². The quantitative estimate of drug-likeness (QED) is 0.759. The first-order valence-corrected chi connectivity index (χ1v) is 8.54. The van der Waals surface area contributed by atoms with Gasteiger partial charge in [-0.25, -0.2) is 4.79 Å². The van der Waals surface area contributed by atoms with Crippen LogP contribution in [-0.2, 0) is 9.53 Å². The van der Waals surface area contributed by atoms with E-state index in [0.717, 1.165) is 11.1 Å². The number of methoxy groups -OCH3 is 1. The molecule has 0 aliphatic heterocycles. The Morgan fingerprint density at radius 2 is 1.73 bits per heavy atom. The minimum atomic E-state index is -0.633. The van der Waals surface area contributed by atoms with E-state index in [2.05, 4.69) is 10.6 Å². The molecular formula is C20H30N2O4. The minimum absolute atomic E-state index is 0.245. The lowest BCUT2D eigenvalue weighted by Crippen LogP contribution is -2.51. The molecular weight excluding hydrogens is 332 g/mol. The van der Waals surface area contributed by atoms with Crippen molar-refractivity contribution in [3.05, 3.63) is 35.9 Å². The smallest absolute Gasteiger partial charge is 0.407 e. The van der Waals surface area contributed by atoms with Crippen LogP contribution in [0.5, 0.6) is 5.75 Å². The Balaban J connectivity index is 2.68. The van der Waals surface area contributed by atoms with Crippen molar-refractivity contribution in [1.82, 2.24) is 10.6 Å². The molecule has 0 heterocycles. The lowest BCUT2D eigenvalue weighted by atomic mass is 10.0. The molecule has 0 fully saturated rings. The zero-order chi connectivity index (χ0) is 20.0. The van der Waals surface area contributed by atoms with Crippen LogP contribution in [0.2, 0.25) is 0 Å². The number of allylic oxidation sites excluding steroid dienone is 1. The molecule has 0 unspecified atom stereocenters. The second-order valence-electron chi connectivity index (χ2n) is 7.76. The van der Waals surface area contributed by atoms with Gasteiger partial charge in [0.05, 0.1) is 12.6 Å². The van der Waals surface area contributed by atoms with Gasteiger partial charge < -0.3 is 20.1 Å². The number of para-hydroxylation sites is 1. The van der Waals surface area contributed by atoms with Crippen LogP contribution in [0.1, 0.15) is 47.1 Å². The maximum absolute atomic E-state index is 12.3. The second-order valence-corrected chi connectivity index (χ2v) is 7.76. The molecule has 0 radical (unpaired) electrons. The molecule has 2 N–H and O–H groups in total. The predicted octanol–water partition coefficient (Wildman–Crippen LogP) is 3.52. The molecule has 0 spiro atoms. The summed E-state index contributed by atoms with van der Waals surface area (Å²) in [7, 11) is 1.59. The number of alkyl carbamates (subject to hydrolysis) is 1. The Hall–Kier alpha value is -2.50. The van der Waals surface area contributed by atoms with Gasteiger partial charge in [-0.05, 0) is 53.2 Å². The van der Waals surface area contributed by atoms with E-state index in [1.807, 2.05) is 45.0 Å². The van der Waals surface area contributed by atoms with Crippen molar-refractivity contribution >= 4 is 17.6 Å². The standard InChI is InChI=1S/C20H30N2O4/c1-14(15-10-8-9-11-16(15)25-7)12-17(23)22-20(5,6)13-21-18(24)26-19(2,3)4/h8-12H,13H2,1-7H3,(H,21,24)(H,22,23). The molecule has 0 saturated heterocycles. The first kappa shape index (κ1) is 21.5. The number of rotatable bonds is 6. The summed E-state index contributed by atoms with van der Waals surface area (Å²) in [6.07, 6.45) is 1.01. The van der Waals surface area contributed by atoms with Crippen molar-refractivity contribution in [1.29, 1.82) is 0 Å². The molecule has 0 atom stereocenters. The molecule has 6 heteroatoms. The number of ether oxygens (including phenoxy) is 2. The fourth-order valence-electron chi connectivity index (χ4n) is 2.27. The summed E-state index contributed by atoms with van der Waals surface area (Å²) in [6, 6.07) is 7.51. The second kappa shape index (κ2) is 8.74. The van der Waals surface area contributed by atoms with Crippen LogP contribution >= 0.6 is 0 Å². The molecule has 0 aromatic heterocycles. The highest BCUT2D eigenvalue weighted by molar-refractivity contribution is 5.95. The maximum atomic E-state index is 12.3. The SMILES string of the molecule is COc1ccccc1C(C)=CC(=O)NC(C)(C)CNC(=O)OC(C)(C)C. The molecule has 26 heavy (non-hydrogen) atoms. The number of hydrogen-bond donors (Lipinski definition) is 2. The fourth-order valence-corrected chi connectivity index (χ4v) is 2.27. The molecule has 0 aliphatic rings. The molecule has 1 aromatic rings.